The summed E-state index contributed by atoms with van der Waals surface area (Å²) in [6, 6.07) is 5.85. The molecule has 0 aromatic heterocycles. The molecule has 2 atom stereocenters. The van der Waals surface area contributed by atoms with E-state index in [1.54, 1.807) is 0 Å². The number of ether oxygens (including phenoxy) is 2. The average Bonchev–Trinajstić information content (AvgIpc) is 2.69. The maximum atomic E-state index is 11.9. The van der Waals surface area contributed by atoms with Crippen molar-refractivity contribution in [2.45, 2.75) is 62.6 Å². The smallest absolute Gasteiger partial charge is 0.209 e. The van der Waals surface area contributed by atoms with Gasteiger partial charge in [0.1, 0.15) is 12.4 Å². The van der Waals surface area contributed by atoms with Crippen LogP contribution in [0.25, 0.3) is 0 Å². The standard InChI is InChI=1S/C21H31ClN2O4S/c1-29(25,26)23-19-3-2-10-24-11-12-27-21-9-6-16(22)13-18(21)15-4-7-17(8-5-15)28-14-20(19)24/h6,9,13,15,17,19-20,23H,2-5,7-8,10-12,14H2,1H3/t15?,17?,19?,20-/m0/s1. The predicted octanol–water partition coefficient (Wildman–Crippen LogP) is 3.16. The van der Waals surface area contributed by atoms with Gasteiger partial charge in [-0.1, -0.05) is 11.6 Å². The van der Waals surface area contributed by atoms with Gasteiger partial charge in [0.25, 0.3) is 0 Å². The Morgan fingerprint density at radius 1 is 1.14 bits per heavy atom. The zero-order valence-electron chi connectivity index (χ0n) is 17.0. The summed E-state index contributed by atoms with van der Waals surface area (Å²) >= 11 is 6.28. The van der Waals surface area contributed by atoms with Crippen molar-refractivity contribution in [3.8, 4) is 5.75 Å². The van der Waals surface area contributed by atoms with E-state index in [9.17, 15) is 8.42 Å². The maximum Gasteiger partial charge on any atom is 0.209 e. The Balaban J connectivity index is 1.57. The van der Waals surface area contributed by atoms with Gasteiger partial charge in [0.2, 0.25) is 10.0 Å². The van der Waals surface area contributed by atoms with Crippen molar-refractivity contribution in [1.82, 2.24) is 9.62 Å². The number of hydrogen-bond donors (Lipinski definition) is 1. The van der Waals surface area contributed by atoms with E-state index in [0.717, 1.165) is 62.4 Å². The lowest BCUT2D eigenvalue weighted by molar-refractivity contribution is -0.0284. The van der Waals surface area contributed by atoms with Crippen molar-refractivity contribution in [2.75, 3.05) is 32.6 Å². The summed E-state index contributed by atoms with van der Waals surface area (Å²) in [7, 11) is -3.26. The zero-order chi connectivity index (χ0) is 20.4. The number of rotatable bonds is 2. The lowest BCUT2D eigenvalue weighted by atomic mass is 9.82. The molecule has 1 aliphatic carbocycles. The van der Waals surface area contributed by atoms with Crippen LogP contribution in [0.15, 0.2) is 18.2 Å². The Morgan fingerprint density at radius 2 is 1.93 bits per heavy atom. The average molecular weight is 443 g/mol. The fraction of sp³-hybridized carbons (Fsp3) is 0.714. The molecule has 1 aromatic rings. The van der Waals surface area contributed by atoms with Gasteiger partial charge in [0.05, 0.1) is 19.0 Å². The minimum absolute atomic E-state index is 0.0326. The molecule has 0 amide bonds. The van der Waals surface area contributed by atoms with Crippen LogP contribution in [0.4, 0.5) is 0 Å². The van der Waals surface area contributed by atoms with E-state index < -0.39 is 10.0 Å². The summed E-state index contributed by atoms with van der Waals surface area (Å²) in [5.41, 5.74) is 1.21. The first-order valence-electron chi connectivity index (χ1n) is 10.6. The van der Waals surface area contributed by atoms with Crippen LogP contribution >= 0.6 is 11.6 Å². The molecule has 0 spiro atoms. The Morgan fingerprint density at radius 3 is 2.69 bits per heavy atom. The lowest BCUT2D eigenvalue weighted by Crippen LogP contribution is -2.58. The van der Waals surface area contributed by atoms with Crippen molar-refractivity contribution in [2.24, 2.45) is 0 Å². The van der Waals surface area contributed by atoms with Crippen LogP contribution in [0.5, 0.6) is 5.75 Å². The zero-order valence-corrected chi connectivity index (χ0v) is 18.6. The van der Waals surface area contributed by atoms with E-state index in [4.69, 9.17) is 21.1 Å². The molecule has 3 aliphatic heterocycles. The molecule has 6 nitrogen and oxygen atoms in total. The molecular weight excluding hydrogens is 412 g/mol. The second-order valence-electron chi connectivity index (χ2n) is 8.58. The van der Waals surface area contributed by atoms with Crippen molar-refractivity contribution in [1.29, 1.82) is 0 Å². The first kappa shape index (κ1) is 21.4. The summed E-state index contributed by atoms with van der Waals surface area (Å²) in [4.78, 5) is 2.33. The molecule has 5 rings (SSSR count). The van der Waals surface area contributed by atoms with Gasteiger partial charge in [0, 0.05) is 23.7 Å². The number of sulfonamides is 1. The topological polar surface area (TPSA) is 67.9 Å². The van der Waals surface area contributed by atoms with E-state index in [0.29, 0.717) is 19.1 Å². The SMILES string of the molecule is CS(=O)(=O)NC1CCCN2CCOc3ccc(Cl)cc3C3CCC(CC3)OC[C@@H]12. The molecule has 1 saturated carbocycles. The molecule has 1 aromatic carbocycles. The van der Waals surface area contributed by atoms with Gasteiger partial charge in [0.15, 0.2) is 0 Å². The minimum Gasteiger partial charge on any atom is -0.492 e. The molecule has 29 heavy (non-hydrogen) atoms. The number of piperidine rings is 1. The first-order chi connectivity index (χ1) is 13.9. The highest BCUT2D eigenvalue weighted by atomic mass is 35.5. The number of halogens is 1. The van der Waals surface area contributed by atoms with Gasteiger partial charge in [-0.15, -0.1) is 0 Å². The van der Waals surface area contributed by atoms with Crippen LogP contribution in [0, 0.1) is 0 Å². The first-order valence-corrected chi connectivity index (χ1v) is 12.9. The van der Waals surface area contributed by atoms with Crippen LogP contribution in [-0.4, -0.2) is 64.1 Å². The highest BCUT2D eigenvalue weighted by molar-refractivity contribution is 7.88. The molecule has 1 saturated heterocycles. The quantitative estimate of drug-likeness (QED) is 0.761. The summed E-state index contributed by atoms with van der Waals surface area (Å²) in [6.07, 6.45) is 7.40. The number of nitrogens with zero attached hydrogens (tertiary/aromatic N) is 1. The Hall–Kier alpha value is -0.860. The fourth-order valence-corrected chi connectivity index (χ4v) is 6.06. The largest absolute Gasteiger partial charge is 0.492 e. The third-order valence-electron chi connectivity index (χ3n) is 6.48. The fourth-order valence-electron chi connectivity index (χ4n) is 5.06. The van der Waals surface area contributed by atoms with Crippen LogP contribution in [0.2, 0.25) is 5.02 Å². The van der Waals surface area contributed by atoms with Crippen LogP contribution in [0.3, 0.4) is 0 Å². The van der Waals surface area contributed by atoms with E-state index in [1.807, 2.05) is 12.1 Å². The van der Waals surface area contributed by atoms with E-state index in [1.165, 1.54) is 11.8 Å². The third-order valence-corrected chi connectivity index (χ3v) is 7.45. The molecule has 3 heterocycles. The molecular formula is C21H31ClN2O4S. The van der Waals surface area contributed by atoms with Crippen molar-refractivity contribution in [3.63, 3.8) is 0 Å². The molecule has 2 fully saturated rings. The monoisotopic (exact) mass is 442 g/mol. The van der Waals surface area contributed by atoms with Crippen molar-refractivity contribution < 1.29 is 17.9 Å². The molecule has 4 aliphatic rings. The second kappa shape index (κ2) is 9.10. The number of benzene rings is 1. The van der Waals surface area contributed by atoms with E-state index in [-0.39, 0.29) is 18.2 Å². The Bertz CT molecular complexity index is 811. The highest BCUT2D eigenvalue weighted by Crippen LogP contribution is 2.40. The summed E-state index contributed by atoms with van der Waals surface area (Å²) in [6.45, 7) is 2.79. The van der Waals surface area contributed by atoms with E-state index >= 15 is 0 Å². The third kappa shape index (κ3) is 5.44. The summed E-state index contributed by atoms with van der Waals surface area (Å²) in [5.74, 6) is 1.38. The normalized spacial score (nSPS) is 31.5. The molecule has 1 N–H and O–H groups in total. The maximum absolute atomic E-state index is 11.9. The van der Waals surface area contributed by atoms with Crippen molar-refractivity contribution in [3.05, 3.63) is 28.8 Å². The number of fused-ring (bicyclic) bond motifs is 5. The highest BCUT2D eigenvalue weighted by Gasteiger charge is 2.35. The number of hydrogen-bond acceptors (Lipinski definition) is 5. The van der Waals surface area contributed by atoms with Gasteiger partial charge in [-0.05, 0) is 74.8 Å². The van der Waals surface area contributed by atoms with Crippen LogP contribution < -0.4 is 9.46 Å². The van der Waals surface area contributed by atoms with Gasteiger partial charge >= 0.3 is 0 Å². The van der Waals surface area contributed by atoms with Crippen LogP contribution in [-0.2, 0) is 14.8 Å². The Kier molecular flexibility index (Phi) is 6.71. The predicted molar refractivity (Wildman–Crippen MR) is 114 cm³/mol. The molecule has 2 bridgehead atoms. The van der Waals surface area contributed by atoms with Crippen LogP contribution in [0.1, 0.15) is 50.0 Å². The van der Waals surface area contributed by atoms with Gasteiger partial charge in [-0.2, -0.15) is 0 Å². The van der Waals surface area contributed by atoms with Gasteiger partial charge in [-0.25, -0.2) is 13.1 Å². The molecule has 162 valence electrons. The molecule has 8 heteroatoms. The lowest BCUT2D eigenvalue weighted by Gasteiger charge is -2.41. The van der Waals surface area contributed by atoms with Crippen molar-refractivity contribution >= 4 is 21.6 Å². The summed E-state index contributed by atoms with van der Waals surface area (Å²) in [5, 5.41) is 0.751. The van der Waals surface area contributed by atoms with Gasteiger partial charge in [-0.3, -0.25) is 4.90 Å². The minimum atomic E-state index is -3.26. The molecule has 1 unspecified atom stereocenters. The Labute approximate surface area is 178 Å². The van der Waals surface area contributed by atoms with E-state index in [2.05, 4.69) is 15.7 Å². The van der Waals surface area contributed by atoms with Gasteiger partial charge < -0.3 is 9.47 Å². The summed E-state index contributed by atoms with van der Waals surface area (Å²) < 4.78 is 39.1. The molecule has 0 radical (unpaired) electrons. The number of nitrogens with one attached hydrogen (secondary N) is 1. The second-order valence-corrected chi connectivity index (χ2v) is 10.8.